The summed E-state index contributed by atoms with van der Waals surface area (Å²) in [5.41, 5.74) is -1.23. The molecule has 6 heteroatoms. The molecule has 0 aliphatic carbocycles. The Morgan fingerprint density at radius 1 is 1.43 bits per heavy atom. The Morgan fingerprint density at radius 3 is 2.43 bits per heavy atom. The summed E-state index contributed by atoms with van der Waals surface area (Å²) >= 11 is 1.61. The molecule has 0 saturated heterocycles. The second-order valence-corrected chi connectivity index (χ2v) is 4.29. The van der Waals surface area contributed by atoms with Gasteiger partial charge in [-0.2, -0.15) is 11.8 Å². The second-order valence-electron chi connectivity index (χ2n) is 3.30. The van der Waals surface area contributed by atoms with Gasteiger partial charge in [0.15, 0.2) is 0 Å². The van der Waals surface area contributed by atoms with Crippen molar-refractivity contribution in [3.8, 4) is 0 Å². The van der Waals surface area contributed by atoms with Crippen LogP contribution in [0.1, 0.15) is 13.8 Å². The maximum absolute atomic E-state index is 11.1. The molecule has 0 heterocycles. The molecular weight excluding hydrogens is 204 g/mol. The molecule has 0 bridgehead atoms. The molecular formula is C8H16N2O3S. The van der Waals surface area contributed by atoms with Crippen molar-refractivity contribution in [3.05, 3.63) is 0 Å². The van der Waals surface area contributed by atoms with Crippen molar-refractivity contribution in [1.29, 1.82) is 0 Å². The van der Waals surface area contributed by atoms with Gasteiger partial charge in [0.05, 0.1) is 0 Å². The van der Waals surface area contributed by atoms with Crippen molar-refractivity contribution in [2.75, 3.05) is 18.6 Å². The first-order chi connectivity index (χ1) is 6.40. The fourth-order valence-electron chi connectivity index (χ4n) is 0.648. The normalized spacial score (nSPS) is 10.8. The Labute approximate surface area is 87.6 Å². The third-order valence-electron chi connectivity index (χ3n) is 1.55. The minimum absolute atomic E-state index is 0.452. The van der Waals surface area contributed by atoms with Gasteiger partial charge >= 0.3 is 12.0 Å². The summed E-state index contributed by atoms with van der Waals surface area (Å²) in [4.78, 5) is 21.8. The van der Waals surface area contributed by atoms with Crippen LogP contribution in [0.4, 0.5) is 4.79 Å². The molecule has 0 aromatic carbocycles. The molecule has 0 rings (SSSR count). The van der Waals surface area contributed by atoms with Crippen molar-refractivity contribution in [3.63, 3.8) is 0 Å². The second kappa shape index (κ2) is 5.74. The summed E-state index contributed by atoms with van der Waals surface area (Å²) in [6.45, 7) is 3.40. The van der Waals surface area contributed by atoms with E-state index < -0.39 is 17.5 Å². The van der Waals surface area contributed by atoms with Crippen LogP contribution in [0.5, 0.6) is 0 Å². The molecule has 3 N–H and O–H groups in total. The number of hydrogen-bond acceptors (Lipinski definition) is 3. The molecule has 0 saturated carbocycles. The molecule has 2 amide bonds. The number of carboxylic acid groups (broad SMARTS) is 1. The average Bonchev–Trinajstić information content (AvgIpc) is 2.03. The average molecular weight is 220 g/mol. The lowest BCUT2D eigenvalue weighted by Gasteiger charge is -2.21. The first kappa shape index (κ1) is 13.1. The molecule has 0 aliphatic rings. The third-order valence-corrected chi connectivity index (χ3v) is 2.16. The summed E-state index contributed by atoms with van der Waals surface area (Å²) < 4.78 is 0. The Morgan fingerprint density at radius 2 is 2.00 bits per heavy atom. The van der Waals surface area contributed by atoms with Gasteiger partial charge in [-0.1, -0.05) is 0 Å². The summed E-state index contributed by atoms with van der Waals surface area (Å²) in [6, 6.07) is -0.452. The van der Waals surface area contributed by atoms with Crippen molar-refractivity contribution in [1.82, 2.24) is 10.6 Å². The Hall–Kier alpha value is -0.910. The van der Waals surface area contributed by atoms with Crippen LogP contribution < -0.4 is 10.6 Å². The van der Waals surface area contributed by atoms with E-state index in [2.05, 4.69) is 10.6 Å². The number of thioether (sulfide) groups is 1. The highest BCUT2D eigenvalue weighted by Gasteiger charge is 2.28. The topological polar surface area (TPSA) is 78.4 Å². The minimum Gasteiger partial charge on any atom is -0.480 e. The number of nitrogens with one attached hydrogen (secondary N) is 2. The molecule has 0 atom stereocenters. The van der Waals surface area contributed by atoms with E-state index in [-0.39, 0.29) is 0 Å². The van der Waals surface area contributed by atoms with Gasteiger partial charge in [0.1, 0.15) is 5.54 Å². The van der Waals surface area contributed by atoms with Crippen LogP contribution in [0.3, 0.4) is 0 Å². The molecule has 0 unspecified atom stereocenters. The smallest absolute Gasteiger partial charge is 0.328 e. The van der Waals surface area contributed by atoms with Crippen molar-refractivity contribution in [2.45, 2.75) is 19.4 Å². The standard InChI is InChI=1S/C8H16N2O3S/c1-8(2,6(11)12)10-7(13)9-4-5-14-3/h4-5H2,1-3H3,(H,11,12)(H2,9,10,13). The number of rotatable bonds is 5. The molecule has 5 nitrogen and oxygen atoms in total. The molecule has 14 heavy (non-hydrogen) atoms. The maximum atomic E-state index is 11.1. The highest BCUT2D eigenvalue weighted by Crippen LogP contribution is 2.00. The zero-order valence-corrected chi connectivity index (χ0v) is 9.40. The van der Waals surface area contributed by atoms with Crippen LogP contribution in [0.25, 0.3) is 0 Å². The highest BCUT2D eigenvalue weighted by molar-refractivity contribution is 7.98. The number of amides is 2. The van der Waals surface area contributed by atoms with Gasteiger partial charge in [-0.15, -0.1) is 0 Å². The van der Waals surface area contributed by atoms with Crippen LogP contribution in [0, 0.1) is 0 Å². The monoisotopic (exact) mass is 220 g/mol. The number of carbonyl (C=O) groups excluding carboxylic acids is 1. The summed E-state index contributed by atoms with van der Waals surface area (Å²) in [5, 5.41) is 13.6. The predicted molar refractivity (Wildman–Crippen MR) is 56.6 cm³/mol. The van der Waals surface area contributed by atoms with Gasteiger partial charge in [0.25, 0.3) is 0 Å². The van der Waals surface area contributed by atoms with E-state index in [1.54, 1.807) is 11.8 Å². The summed E-state index contributed by atoms with van der Waals surface area (Å²) in [6.07, 6.45) is 1.93. The van der Waals surface area contributed by atoms with Crippen LogP contribution in [0.15, 0.2) is 0 Å². The van der Waals surface area contributed by atoms with E-state index in [9.17, 15) is 9.59 Å². The molecule has 0 aromatic heterocycles. The van der Waals surface area contributed by atoms with Gasteiger partial charge in [0, 0.05) is 12.3 Å². The van der Waals surface area contributed by atoms with Gasteiger partial charge in [-0.05, 0) is 20.1 Å². The molecule has 0 aromatic rings. The van der Waals surface area contributed by atoms with E-state index in [4.69, 9.17) is 5.11 Å². The van der Waals surface area contributed by atoms with Crippen molar-refractivity contribution >= 4 is 23.8 Å². The Bertz CT molecular complexity index is 219. The number of carboxylic acids is 1. The predicted octanol–water partition coefficient (Wildman–Crippen LogP) is 0.512. The van der Waals surface area contributed by atoms with Crippen molar-refractivity contribution in [2.24, 2.45) is 0 Å². The lowest BCUT2D eigenvalue weighted by Crippen LogP contribution is -2.53. The van der Waals surface area contributed by atoms with Gasteiger partial charge < -0.3 is 15.7 Å². The molecule has 82 valence electrons. The van der Waals surface area contributed by atoms with Crippen LogP contribution in [0.2, 0.25) is 0 Å². The van der Waals surface area contributed by atoms with Crippen LogP contribution in [-0.4, -0.2) is 41.2 Å². The Balaban J connectivity index is 3.88. The van der Waals surface area contributed by atoms with Gasteiger partial charge in [-0.3, -0.25) is 0 Å². The zero-order chi connectivity index (χ0) is 11.2. The molecule has 0 fully saturated rings. The van der Waals surface area contributed by atoms with E-state index in [0.717, 1.165) is 5.75 Å². The van der Waals surface area contributed by atoms with E-state index >= 15 is 0 Å². The first-order valence-electron chi connectivity index (χ1n) is 4.18. The fraction of sp³-hybridized carbons (Fsp3) is 0.750. The fourth-order valence-corrected chi connectivity index (χ4v) is 0.954. The zero-order valence-electron chi connectivity index (χ0n) is 8.59. The maximum Gasteiger partial charge on any atom is 0.328 e. The summed E-state index contributed by atoms with van der Waals surface area (Å²) in [7, 11) is 0. The van der Waals surface area contributed by atoms with Crippen LogP contribution >= 0.6 is 11.8 Å². The van der Waals surface area contributed by atoms with Gasteiger partial charge in [0.2, 0.25) is 0 Å². The summed E-state index contributed by atoms with van der Waals surface area (Å²) in [5.74, 6) is -0.251. The highest BCUT2D eigenvalue weighted by atomic mass is 32.2. The molecule has 0 spiro atoms. The third kappa shape index (κ3) is 4.96. The van der Waals surface area contributed by atoms with Gasteiger partial charge in [-0.25, -0.2) is 9.59 Å². The quantitative estimate of drug-likeness (QED) is 0.590. The first-order valence-corrected chi connectivity index (χ1v) is 5.58. The van der Waals surface area contributed by atoms with E-state index in [0.29, 0.717) is 6.54 Å². The largest absolute Gasteiger partial charge is 0.480 e. The number of hydrogen-bond donors (Lipinski definition) is 3. The van der Waals surface area contributed by atoms with Crippen LogP contribution in [-0.2, 0) is 4.79 Å². The molecule has 0 aliphatic heterocycles. The minimum atomic E-state index is -1.23. The SMILES string of the molecule is CSCCNC(=O)NC(C)(C)C(=O)O. The number of aliphatic carboxylic acids is 1. The number of carbonyl (C=O) groups is 2. The van der Waals surface area contributed by atoms with E-state index in [1.807, 2.05) is 6.26 Å². The van der Waals surface area contributed by atoms with Crippen molar-refractivity contribution < 1.29 is 14.7 Å². The Kier molecular flexibility index (Phi) is 5.37. The lowest BCUT2D eigenvalue weighted by atomic mass is 10.1. The van der Waals surface area contributed by atoms with E-state index in [1.165, 1.54) is 13.8 Å². The molecule has 0 radical (unpaired) electrons. The lowest BCUT2D eigenvalue weighted by molar-refractivity contribution is -0.142. The number of urea groups is 1.